The van der Waals surface area contributed by atoms with Gasteiger partial charge in [0.15, 0.2) is 5.75 Å². The van der Waals surface area contributed by atoms with Gasteiger partial charge in [-0.1, -0.05) is 13.8 Å². The maximum atomic E-state index is 8.73. The van der Waals surface area contributed by atoms with Gasteiger partial charge in [-0.3, -0.25) is 4.68 Å². The molecule has 1 aliphatic rings. The molecule has 2 rings (SSSR count). The molecular formula is C11H18N2O2. The Hall–Kier alpha value is -1.03. The molecule has 0 saturated heterocycles. The van der Waals surface area contributed by atoms with E-state index in [2.05, 4.69) is 18.9 Å². The largest absolute Gasteiger partial charge is 0.488 e. The Morgan fingerprint density at radius 2 is 2.33 bits per heavy atom. The molecule has 4 heteroatoms. The van der Waals surface area contributed by atoms with Crippen LogP contribution in [0.2, 0.25) is 0 Å². The van der Waals surface area contributed by atoms with Gasteiger partial charge in [-0.25, -0.2) is 0 Å². The summed E-state index contributed by atoms with van der Waals surface area (Å²) < 4.78 is 7.47. The van der Waals surface area contributed by atoms with Gasteiger partial charge in [-0.2, -0.15) is 5.10 Å². The normalized spacial score (nSPS) is 16.0. The summed E-state index contributed by atoms with van der Waals surface area (Å²) in [7, 11) is 0. The first-order chi connectivity index (χ1) is 7.22. The van der Waals surface area contributed by atoms with Gasteiger partial charge in [0.2, 0.25) is 0 Å². The van der Waals surface area contributed by atoms with Crippen LogP contribution in [-0.4, -0.2) is 28.1 Å². The van der Waals surface area contributed by atoms with Gasteiger partial charge in [0.05, 0.1) is 18.8 Å². The van der Waals surface area contributed by atoms with Gasteiger partial charge in [0.1, 0.15) is 12.3 Å². The number of hydrogen-bond donors (Lipinski definition) is 1. The van der Waals surface area contributed by atoms with Crippen LogP contribution < -0.4 is 4.74 Å². The second kappa shape index (κ2) is 4.23. The van der Waals surface area contributed by atoms with Gasteiger partial charge in [0, 0.05) is 5.92 Å². The maximum Gasteiger partial charge on any atom is 0.160 e. The zero-order valence-corrected chi connectivity index (χ0v) is 9.31. The summed E-state index contributed by atoms with van der Waals surface area (Å²) in [5, 5.41) is 13.3. The van der Waals surface area contributed by atoms with E-state index >= 15 is 0 Å². The smallest absolute Gasteiger partial charge is 0.160 e. The highest BCUT2D eigenvalue weighted by Crippen LogP contribution is 2.37. The topological polar surface area (TPSA) is 47.3 Å². The summed E-state index contributed by atoms with van der Waals surface area (Å²) in [5.41, 5.74) is 0.996. The lowest BCUT2D eigenvalue weighted by atomic mass is 10.1. The Labute approximate surface area is 89.9 Å². The average Bonchev–Trinajstić information content (AvgIpc) is 2.96. The van der Waals surface area contributed by atoms with Gasteiger partial charge < -0.3 is 9.84 Å². The van der Waals surface area contributed by atoms with Crippen LogP contribution in [0.4, 0.5) is 0 Å². The number of aromatic nitrogens is 2. The Bertz CT molecular complexity index is 329. The van der Waals surface area contributed by atoms with Crippen molar-refractivity contribution in [2.75, 3.05) is 13.2 Å². The van der Waals surface area contributed by atoms with Crippen LogP contribution in [0.3, 0.4) is 0 Å². The van der Waals surface area contributed by atoms with Crippen molar-refractivity contribution in [3.63, 3.8) is 0 Å². The lowest BCUT2D eigenvalue weighted by Gasteiger charge is -2.05. The van der Waals surface area contributed by atoms with Crippen LogP contribution in [0.15, 0.2) is 6.20 Å². The second-order valence-electron chi connectivity index (χ2n) is 4.32. The molecule has 1 aliphatic carbocycles. The van der Waals surface area contributed by atoms with Crippen molar-refractivity contribution in [3.8, 4) is 5.75 Å². The lowest BCUT2D eigenvalue weighted by molar-refractivity contribution is 0.200. The number of nitrogens with zero attached hydrogens (tertiary/aromatic N) is 2. The van der Waals surface area contributed by atoms with E-state index in [9.17, 15) is 0 Å². The molecule has 1 saturated carbocycles. The van der Waals surface area contributed by atoms with Crippen molar-refractivity contribution in [2.24, 2.45) is 0 Å². The van der Waals surface area contributed by atoms with Crippen LogP contribution in [0.25, 0.3) is 0 Å². The zero-order valence-electron chi connectivity index (χ0n) is 9.31. The van der Waals surface area contributed by atoms with E-state index in [4.69, 9.17) is 9.84 Å². The molecule has 0 aromatic carbocycles. The van der Waals surface area contributed by atoms with Crippen LogP contribution in [0.1, 0.15) is 44.3 Å². The van der Waals surface area contributed by atoms with Crippen LogP contribution >= 0.6 is 0 Å². The highest BCUT2D eigenvalue weighted by atomic mass is 16.5. The Morgan fingerprint density at radius 1 is 1.60 bits per heavy atom. The van der Waals surface area contributed by atoms with Crippen LogP contribution in [0.5, 0.6) is 5.75 Å². The number of aliphatic hydroxyl groups is 1. The lowest BCUT2D eigenvalue weighted by Crippen LogP contribution is -2.03. The molecule has 15 heavy (non-hydrogen) atoms. The number of aliphatic hydroxyl groups excluding tert-OH is 1. The molecule has 1 heterocycles. The third-order valence-electron chi connectivity index (χ3n) is 2.54. The Balaban J connectivity index is 2.16. The quantitative estimate of drug-likeness (QED) is 0.804. The minimum absolute atomic E-state index is 0.0478. The highest BCUT2D eigenvalue weighted by molar-refractivity contribution is 5.28. The summed E-state index contributed by atoms with van der Waals surface area (Å²) in [6.07, 6.45) is 4.40. The molecule has 0 radical (unpaired) electrons. The zero-order chi connectivity index (χ0) is 10.8. The monoisotopic (exact) mass is 210 g/mol. The van der Waals surface area contributed by atoms with E-state index in [1.807, 2.05) is 10.9 Å². The van der Waals surface area contributed by atoms with Gasteiger partial charge in [-0.15, -0.1) is 0 Å². The fourth-order valence-electron chi connectivity index (χ4n) is 1.58. The maximum absolute atomic E-state index is 8.73. The molecule has 84 valence electrons. The van der Waals surface area contributed by atoms with Crippen molar-refractivity contribution < 1.29 is 9.84 Å². The van der Waals surface area contributed by atoms with E-state index in [0.29, 0.717) is 18.6 Å². The van der Waals surface area contributed by atoms with Crippen molar-refractivity contribution in [3.05, 3.63) is 11.9 Å². The highest BCUT2D eigenvalue weighted by Gasteiger charge is 2.26. The molecule has 1 aromatic rings. The van der Waals surface area contributed by atoms with Gasteiger partial charge in [0.25, 0.3) is 0 Å². The van der Waals surface area contributed by atoms with Gasteiger partial charge >= 0.3 is 0 Å². The number of hydrogen-bond acceptors (Lipinski definition) is 3. The van der Waals surface area contributed by atoms with Gasteiger partial charge in [-0.05, 0) is 12.8 Å². The summed E-state index contributed by atoms with van der Waals surface area (Å²) in [4.78, 5) is 0. The minimum Gasteiger partial charge on any atom is -0.488 e. The molecule has 0 atom stereocenters. The molecule has 4 nitrogen and oxygen atoms in total. The Morgan fingerprint density at radius 3 is 2.87 bits per heavy atom. The molecule has 0 unspecified atom stereocenters. The minimum atomic E-state index is 0.0478. The third-order valence-corrected chi connectivity index (χ3v) is 2.54. The predicted octanol–water partition coefficient (Wildman–Crippen LogP) is 1.71. The first kappa shape index (κ1) is 10.5. The first-order valence-electron chi connectivity index (χ1n) is 5.55. The fraction of sp³-hybridized carbons (Fsp3) is 0.727. The van der Waals surface area contributed by atoms with E-state index in [1.165, 1.54) is 12.8 Å². The second-order valence-corrected chi connectivity index (χ2v) is 4.32. The number of ether oxygens (including phenoxy) is 1. The van der Waals surface area contributed by atoms with Crippen molar-refractivity contribution in [2.45, 2.75) is 38.6 Å². The summed E-state index contributed by atoms with van der Waals surface area (Å²) >= 11 is 0. The number of rotatable bonds is 5. The molecule has 1 N–H and O–H groups in total. The van der Waals surface area contributed by atoms with E-state index in [0.717, 1.165) is 11.4 Å². The van der Waals surface area contributed by atoms with E-state index < -0.39 is 0 Å². The average molecular weight is 210 g/mol. The van der Waals surface area contributed by atoms with Crippen molar-refractivity contribution in [1.82, 2.24) is 9.78 Å². The molecule has 0 aliphatic heterocycles. The third kappa shape index (κ3) is 2.31. The fourth-order valence-corrected chi connectivity index (χ4v) is 1.58. The first-order valence-corrected chi connectivity index (χ1v) is 5.55. The standard InChI is InChI=1S/C11H18N2O2/c1-8(2)11-10(15-6-5-14)7-13(12-11)9-3-4-9/h7-9,14H,3-6H2,1-2H3. The summed E-state index contributed by atoms with van der Waals surface area (Å²) in [6.45, 7) is 4.60. The molecular weight excluding hydrogens is 192 g/mol. The summed E-state index contributed by atoms with van der Waals surface area (Å²) in [6, 6.07) is 0.578. The van der Waals surface area contributed by atoms with E-state index in [-0.39, 0.29) is 6.61 Å². The van der Waals surface area contributed by atoms with Crippen LogP contribution in [-0.2, 0) is 0 Å². The molecule has 0 spiro atoms. The summed E-state index contributed by atoms with van der Waals surface area (Å²) in [5.74, 6) is 1.18. The van der Waals surface area contributed by atoms with E-state index in [1.54, 1.807) is 0 Å². The predicted molar refractivity (Wildman–Crippen MR) is 57.2 cm³/mol. The molecule has 0 bridgehead atoms. The molecule has 0 amide bonds. The Kier molecular flexibility index (Phi) is 2.95. The van der Waals surface area contributed by atoms with Crippen molar-refractivity contribution in [1.29, 1.82) is 0 Å². The molecule has 1 fully saturated rings. The van der Waals surface area contributed by atoms with Crippen LogP contribution in [0, 0.1) is 0 Å². The molecule has 1 aromatic heterocycles. The SMILES string of the molecule is CC(C)c1nn(C2CC2)cc1OCCO. The van der Waals surface area contributed by atoms with Crippen molar-refractivity contribution >= 4 is 0 Å².